The Morgan fingerprint density at radius 2 is 1.93 bits per heavy atom. The van der Waals surface area contributed by atoms with E-state index in [2.05, 4.69) is 37.4 Å². The molecule has 150 valence electrons. The predicted molar refractivity (Wildman–Crippen MR) is 113 cm³/mol. The molecule has 0 bridgehead atoms. The highest BCUT2D eigenvalue weighted by Gasteiger charge is 2.19. The quantitative estimate of drug-likeness (QED) is 0.620. The van der Waals surface area contributed by atoms with Gasteiger partial charge in [-0.15, -0.1) is 0 Å². The Balaban J connectivity index is 2.17. The summed E-state index contributed by atoms with van der Waals surface area (Å²) in [5.74, 6) is 1.17. The van der Waals surface area contributed by atoms with E-state index < -0.39 is 6.67 Å². The van der Waals surface area contributed by atoms with E-state index in [1.54, 1.807) is 7.11 Å². The van der Waals surface area contributed by atoms with Gasteiger partial charge in [-0.25, -0.2) is 14.4 Å². The molecule has 1 N–H and O–H groups in total. The fraction of sp³-hybridized carbons (Fsp3) is 0.455. The average molecular weight is 384 g/mol. The van der Waals surface area contributed by atoms with Crippen molar-refractivity contribution in [1.82, 2.24) is 14.5 Å². The van der Waals surface area contributed by atoms with Gasteiger partial charge in [0, 0.05) is 31.6 Å². The average Bonchev–Trinajstić information content (AvgIpc) is 3.00. The lowest BCUT2D eigenvalue weighted by molar-refractivity contribution is 0.142. The number of nitrogens with one attached hydrogen (secondary N) is 1. The van der Waals surface area contributed by atoms with Crippen LogP contribution in [0, 0.1) is 13.8 Å². The molecule has 0 fully saturated rings. The van der Waals surface area contributed by atoms with Crippen molar-refractivity contribution in [1.29, 1.82) is 0 Å². The zero-order chi connectivity index (χ0) is 20.4. The first-order valence-corrected chi connectivity index (χ1v) is 9.64. The molecule has 3 aromatic heterocycles. The van der Waals surface area contributed by atoms with Crippen LogP contribution >= 0.6 is 0 Å². The van der Waals surface area contributed by atoms with Crippen molar-refractivity contribution in [3.8, 4) is 11.3 Å². The molecule has 1 atom stereocenters. The highest BCUT2D eigenvalue weighted by Crippen LogP contribution is 2.33. The second-order valence-corrected chi connectivity index (χ2v) is 7.54. The minimum atomic E-state index is -0.484. The van der Waals surface area contributed by atoms with E-state index in [0.717, 1.165) is 44.9 Å². The second kappa shape index (κ2) is 8.27. The predicted octanol–water partition coefficient (Wildman–Crippen LogP) is 5.04. The molecule has 0 aromatic carbocycles. The van der Waals surface area contributed by atoms with Crippen molar-refractivity contribution >= 4 is 16.9 Å². The third kappa shape index (κ3) is 3.61. The van der Waals surface area contributed by atoms with Gasteiger partial charge in [0.2, 0.25) is 0 Å². The number of aryl methyl sites for hydroxylation is 2. The minimum absolute atomic E-state index is 0.324. The third-order valence-corrected chi connectivity index (χ3v) is 5.11. The van der Waals surface area contributed by atoms with Crippen molar-refractivity contribution < 1.29 is 9.13 Å². The summed E-state index contributed by atoms with van der Waals surface area (Å²) in [7, 11) is 3.47. The van der Waals surface area contributed by atoms with Crippen molar-refractivity contribution in [2.24, 2.45) is 0 Å². The number of pyridine rings is 2. The minimum Gasteiger partial charge on any atom is -0.382 e. The summed E-state index contributed by atoms with van der Waals surface area (Å²) in [4.78, 5) is 9.72. The Morgan fingerprint density at radius 1 is 1.18 bits per heavy atom. The molecule has 3 heterocycles. The maximum absolute atomic E-state index is 13.6. The van der Waals surface area contributed by atoms with Gasteiger partial charge >= 0.3 is 0 Å². The number of methoxy groups -OCH3 is 1. The van der Waals surface area contributed by atoms with E-state index in [1.165, 1.54) is 0 Å². The van der Waals surface area contributed by atoms with Gasteiger partial charge in [-0.3, -0.25) is 0 Å². The molecule has 0 aliphatic carbocycles. The van der Waals surface area contributed by atoms with Gasteiger partial charge in [-0.2, -0.15) is 0 Å². The molecule has 3 rings (SSSR count). The monoisotopic (exact) mass is 384 g/mol. The number of hydrogen-bond donors (Lipinski definition) is 1. The molecular weight excluding hydrogens is 355 g/mol. The van der Waals surface area contributed by atoms with Crippen molar-refractivity contribution in [3.05, 3.63) is 41.2 Å². The first kappa shape index (κ1) is 20.3. The van der Waals surface area contributed by atoms with Crippen molar-refractivity contribution in [3.63, 3.8) is 0 Å². The summed E-state index contributed by atoms with van der Waals surface area (Å²) in [5.41, 5.74) is 6.75. The Kier molecular flexibility index (Phi) is 5.98. The molecule has 0 saturated carbocycles. The van der Waals surface area contributed by atoms with Crippen LogP contribution in [0.3, 0.4) is 0 Å². The van der Waals surface area contributed by atoms with Crippen LogP contribution in [-0.4, -0.2) is 42.0 Å². The van der Waals surface area contributed by atoms with Crippen LogP contribution in [0.15, 0.2) is 24.4 Å². The number of anilines is 1. The lowest BCUT2D eigenvalue weighted by atomic mass is 10.0. The van der Waals surface area contributed by atoms with Gasteiger partial charge in [0.05, 0.1) is 29.4 Å². The van der Waals surface area contributed by atoms with E-state index in [9.17, 15) is 4.39 Å². The summed E-state index contributed by atoms with van der Waals surface area (Å²) >= 11 is 0. The molecule has 3 aromatic rings. The van der Waals surface area contributed by atoms with E-state index in [4.69, 9.17) is 14.7 Å². The van der Waals surface area contributed by atoms with Crippen LogP contribution in [0.2, 0.25) is 0 Å². The molecule has 0 saturated heterocycles. The largest absolute Gasteiger partial charge is 0.382 e. The van der Waals surface area contributed by atoms with Gasteiger partial charge in [-0.1, -0.05) is 13.8 Å². The fourth-order valence-corrected chi connectivity index (χ4v) is 3.57. The molecule has 0 spiro atoms. The van der Waals surface area contributed by atoms with Crippen LogP contribution in [0.1, 0.15) is 42.6 Å². The number of aromatic nitrogens is 3. The first-order chi connectivity index (χ1) is 13.4. The van der Waals surface area contributed by atoms with E-state index in [0.29, 0.717) is 12.5 Å². The summed E-state index contributed by atoms with van der Waals surface area (Å²) in [6.45, 7) is 8.14. The normalized spacial score (nSPS) is 12.7. The van der Waals surface area contributed by atoms with Gasteiger partial charge in [0.15, 0.2) is 0 Å². The van der Waals surface area contributed by atoms with Crippen LogP contribution in [0.25, 0.3) is 22.3 Å². The number of rotatable bonds is 7. The Bertz CT molecular complexity index is 980. The van der Waals surface area contributed by atoms with Gasteiger partial charge < -0.3 is 14.6 Å². The number of fused-ring (bicyclic) bond motifs is 1. The summed E-state index contributed by atoms with van der Waals surface area (Å²) < 4.78 is 20.7. The Morgan fingerprint density at radius 3 is 2.54 bits per heavy atom. The summed E-state index contributed by atoms with van der Waals surface area (Å²) in [6.07, 6.45) is 1.96. The lowest BCUT2D eigenvalue weighted by Crippen LogP contribution is -2.15. The first-order valence-electron chi connectivity index (χ1n) is 9.64. The number of alkyl halides is 1. The molecule has 28 heavy (non-hydrogen) atoms. The van der Waals surface area contributed by atoms with Gasteiger partial charge in [0.1, 0.15) is 12.5 Å². The van der Waals surface area contributed by atoms with Crippen LogP contribution in [0.5, 0.6) is 0 Å². The summed E-state index contributed by atoms with van der Waals surface area (Å²) in [5, 5.41) is 3.21. The van der Waals surface area contributed by atoms with Crippen molar-refractivity contribution in [2.45, 2.75) is 39.7 Å². The van der Waals surface area contributed by atoms with Gasteiger partial charge in [0.25, 0.3) is 0 Å². The van der Waals surface area contributed by atoms with Crippen molar-refractivity contribution in [2.75, 3.05) is 32.8 Å². The van der Waals surface area contributed by atoms with Crippen LogP contribution in [-0.2, 0) is 4.74 Å². The lowest BCUT2D eigenvalue weighted by Gasteiger charge is -2.17. The maximum atomic E-state index is 13.6. The number of ether oxygens (including phenoxy) is 1. The zero-order valence-electron chi connectivity index (χ0n) is 17.5. The molecular formula is C22H29FN4O. The van der Waals surface area contributed by atoms with E-state index in [1.807, 2.05) is 31.7 Å². The highest BCUT2D eigenvalue weighted by atomic mass is 19.1. The number of hydrogen-bond acceptors (Lipinski definition) is 4. The molecule has 0 radical (unpaired) electrons. The van der Waals surface area contributed by atoms with Crippen LogP contribution in [0.4, 0.5) is 10.2 Å². The zero-order valence-corrected chi connectivity index (χ0v) is 17.5. The molecule has 5 nitrogen and oxygen atoms in total. The Labute approximate surface area is 166 Å². The second-order valence-electron chi connectivity index (χ2n) is 7.54. The number of halogens is 1. The van der Waals surface area contributed by atoms with Crippen LogP contribution < -0.4 is 5.32 Å². The molecule has 0 aliphatic heterocycles. The van der Waals surface area contributed by atoms with E-state index >= 15 is 0 Å². The third-order valence-electron chi connectivity index (χ3n) is 5.11. The highest BCUT2D eigenvalue weighted by molar-refractivity contribution is 5.86. The summed E-state index contributed by atoms with van der Waals surface area (Å²) in [6, 6.07) is 5.87. The topological polar surface area (TPSA) is 52.0 Å². The smallest absolute Gasteiger partial charge is 0.135 e. The molecule has 0 aliphatic rings. The fourth-order valence-electron chi connectivity index (χ4n) is 3.57. The Hall–Kier alpha value is -2.47. The molecule has 1 unspecified atom stereocenters. The standard InChI is InChI=1S/C22H29FN4O/c1-13(2)18-8-7-17(22(24-5)25-18)20-14(3)9-19-21(26-20)15(4)11-27(19)16(10-23)12-28-6/h7-9,11,13,16H,10,12H2,1-6H3,(H,24,25). The van der Waals surface area contributed by atoms with Gasteiger partial charge in [-0.05, 0) is 49.1 Å². The maximum Gasteiger partial charge on any atom is 0.135 e. The van der Waals surface area contributed by atoms with E-state index in [-0.39, 0.29) is 6.04 Å². The number of nitrogens with zero attached hydrogens (tertiary/aromatic N) is 3. The molecule has 0 amide bonds. The molecule has 6 heteroatoms. The SMILES string of the molecule is CNc1nc(C(C)C)ccc1-c1nc2c(C)cn(C(CF)COC)c2cc1C.